The highest BCUT2D eigenvalue weighted by molar-refractivity contribution is 9.10. The minimum absolute atomic E-state index is 0.00639. The summed E-state index contributed by atoms with van der Waals surface area (Å²) in [6.45, 7) is 2.06. The fourth-order valence-electron chi connectivity index (χ4n) is 3.08. The lowest BCUT2D eigenvalue weighted by molar-refractivity contribution is -0.122. The molecule has 0 bridgehead atoms. The van der Waals surface area contributed by atoms with Gasteiger partial charge in [0.05, 0.1) is 13.1 Å². The summed E-state index contributed by atoms with van der Waals surface area (Å²) < 4.78 is 0.815. The van der Waals surface area contributed by atoms with Crippen LogP contribution in [0.2, 0.25) is 0 Å². The summed E-state index contributed by atoms with van der Waals surface area (Å²) in [4.78, 5) is 41.6. The number of pyridine rings is 1. The average molecular weight is 440 g/mol. The summed E-state index contributed by atoms with van der Waals surface area (Å²) >= 11 is 3.27. The van der Waals surface area contributed by atoms with Crippen LogP contribution in [0.3, 0.4) is 0 Å². The van der Waals surface area contributed by atoms with Crippen molar-refractivity contribution in [2.24, 2.45) is 5.92 Å². The molecule has 1 aromatic rings. The molecular weight excluding hydrogens is 414 g/mol. The van der Waals surface area contributed by atoms with E-state index in [9.17, 15) is 14.4 Å². The van der Waals surface area contributed by atoms with Gasteiger partial charge in [0, 0.05) is 16.7 Å². The van der Waals surface area contributed by atoms with E-state index < -0.39 is 11.9 Å². The zero-order valence-corrected chi connectivity index (χ0v) is 17.2. The second-order valence-electron chi connectivity index (χ2n) is 6.97. The van der Waals surface area contributed by atoms with E-state index in [4.69, 9.17) is 0 Å². The summed E-state index contributed by atoms with van der Waals surface area (Å²) in [5, 5.41) is 7.85. The summed E-state index contributed by atoms with van der Waals surface area (Å²) in [6, 6.07) is 3.07. The Morgan fingerprint density at radius 1 is 1.19 bits per heavy atom. The van der Waals surface area contributed by atoms with Crippen LogP contribution < -0.4 is 16.0 Å². The fraction of sp³-hybridized carbons (Fsp3) is 0.556. The highest BCUT2D eigenvalue weighted by atomic mass is 79.9. The van der Waals surface area contributed by atoms with Crippen molar-refractivity contribution < 1.29 is 14.4 Å². The first kappa shape index (κ1) is 21.3. The number of likely N-dealkylation sites (N-methyl/N-ethyl adjacent to an activating group) is 1. The minimum Gasteiger partial charge on any atom is -0.335 e. The van der Waals surface area contributed by atoms with Crippen LogP contribution in [0.15, 0.2) is 22.8 Å². The molecule has 0 spiro atoms. The number of nitrogens with one attached hydrogen (secondary N) is 3. The van der Waals surface area contributed by atoms with Crippen LogP contribution in [0, 0.1) is 5.92 Å². The van der Waals surface area contributed by atoms with E-state index >= 15 is 0 Å². The van der Waals surface area contributed by atoms with Gasteiger partial charge in [-0.25, -0.2) is 9.78 Å². The monoisotopic (exact) mass is 439 g/mol. The van der Waals surface area contributed by atoms with Crippen LogP contribution in [0.5, 0.6) is 0 Å². The summed E-state index contributed by atoms with van der Waals surface area (Å²) in [5.74, 6) is 0.105. The summed E-state index contributed by atoms with van der Waals surface area (Å²) in [7, 11) is 1.63. The smallest absolute Gasteiger partial charge is 0.321 e. The Balaban J connectivity index is 1.70. The second kappa shape index (κ2) is 10.4. The Hall–Kier alpha value is -2.00. The average Bonchev–Trinajstić information content (AvgIpc) is 2.58. The number of carbonyl (C=O) groups is 3. The Labute approximate surface area is 167 Å². The van der Waals surface area contributed by atoms with Gasteiger partial charge in [0.2, 0.25) is 11.8 Å². The molecule has 1 aromatic heterocycles. The number of carbonyl (C=O) groups excluding carboxylic acids is 3. The third-order valence-corrected chi connectivity index (χ3v) is 4.97. The molecular formula is C18H26BrN5O3. The molecule has 8 nitrogen and oxygen atoms in total. The molecule has 1 heterocycles. The van der Waals surface area contributed by atoms with Crippen LogP contribution in [-0.2, 0) is 9.59 Å². The highest BCUT2D eigenvalue weighted by Crippen LogP contribution is 2.23. The van der Waals surface area contributed by atoms with E-state index in [0.717, 1.165) is 23.7 Å². The molecule has 1 aliphatic carbocycles. The molecule has 9 heteroatoms. The lowest BCUT2D eigenvalue weighted by Gasteiger charge is -2.29. The standard InChI is InChI=1S/C18H26BrN5O3/c1-12-5-3-4-6-14(12)21-18(27)23-17(26)11-24(2)10-16(25)22-15-8-7-13(19)9-20-15/h7-9,12,14H,3-6,10-11H2,1-2H3,(H,20,22,25)(H2,21,23,26,27). The van der Waals surface area contributed by atoms with Crippen LogP contribution in [-0.4, -0.2) is 53.9 Å². The maximum absolute atomic E-state index is 12.0. The maximum Gasteiger partial charge on any atom is 0.321 e. The number of rotatable bonds is 6. The molecule has 4 amide bonds. The third kappa shape index (κ3) is 7.64. The van der Waals surface area contributed by atoms with Crippen molar-refractivity contribution in [2.75, 3.05) is 25.5 Å². The second-order valence-corrected chi connectivity index (χ2v) is 7.89. The lowest BCUT2D eigenvalue weighted by Crippen LogP contribution is -2.50. The largest absolute Gasteiger partial charge is 0.335 e. The predicted molar refractivity (Wildman–Crippen MR) is 106 cm³/mol. The van der Waals surface area contributed by atoms with Crippen LogP contribution in [0.25, 0.3) is 0 Å². The number of imide groups is 1. The molecule has 3 N–H and O–H groups in total. The Bertz CT molecular complexity index is 667. The third-order valence-electron chi connectivity index (χ3n) is 4.50. The predicted octanol–water partition coefficient (Wildman–Crippen LogP) is 2.12. The number of anilines is 1. The van der Waals surface area contributed by atoms with E-state index in [2.05, 4.69) is 43.8 Å². The van der Waals surface area contributed by atoms with Gasteiger partial charge >= 0.3 is 6.03 Å². The summed E-state index contributed by atoms with van der Waals surface area (Å²) in [5.41, 5.74) is 0. The van der Waals surface area contributed by atoms with Crippen molar-refractivity contribution in [3.8, 4) is 0 Å². The van der Waals surface area contributed by atoms with E-state index in [1.165, 1.54) is 11.3 Å². The highest BCUT2D eigenvalue weighted by Gasteiger charge is 2.23. The molecule has 2 rings (SSSR count). The van der Waals surface area contributed by atoms with Gasteiger partial charge in [-0.3, -0.25) is 19.8 Å². The van der Waals surface area contributed by atoms with Crippen molar-refractivity contribution in [1.29, 1.82) is 0 Å². The molecule has 27 heavy (non-hydrogen) atoms. The van der Waals surface area contributed by atoms with Crippen molar-refractivity contribution in [3.05, 3.63) is 22.8 Å². The van der Waals surface area contributed by atoms with Gasteiger partial charge in [-0.15, -0.1) is 0 Å². The zero-order chi connectivity index (χ0) is 19.8. The van der Waals surface area contributed by atoms with Gasteiger partial charge in [0.15, 0.2) is 0 Å². The quantitative estimate of drug-likeness (QED) is 0.629. The molecule has 1 saturated carbocycles. The number of halogens is 1. The van der Waals surface area contributed by atoms with Gasteiger partial charge < -0.3 is 10.6 Å². The van der Waals surface area contributed by atoms with Crippen molar-refractivity contribution in [3.63, 3.8) is 0 Å². The van der Waals surface area contributed by atoms with Crippen molar-refractivity contribution in [1.82, 2.24) is 20.5 Å². The molecule has 0 aliphatic heterocycles. The number of amides is 4. The van der Waals surface area contributed by atoms with Gasteiger partial charge in [-0.2, -0.15) is 0 Å². The fourth-order valence-corrected chi connectivity index (χ4v) is 3.31. The Kier molecular flexibility index (Phi) is 8.18. The number of aromatic nitrogens is 1. The molecule has 1 fully saturated rings. The van der Waals surface area contributed by atoms with Gasteiger partial charge in [-0.1, -0.05) is 19.8 Å². The first-order chi connectivity index (χ1) is 12.8. The topological polar surface area (TPSA) is 103 Å². The Morgan fingerprint density at radius 2 is 1.89 bits per heavy atom. The first-order valence-corrected chi connectivity index (χ1v) is 9.83. The van der Waals surface area contributed by atoms with Gasteiger partial charge in [0.25, 0.3) is 0 Å². The van der Waals surface area contributed by atoms with E-state index in [0.29, 0.717) is 11.7 Å². The molecule has 2 atom stereocenters. The van der Waals surface area contributed by atoms with Gasteiger partial charge in [-0.05, 0) is 53.9 Å². The number of hydrogen-bond donors (Lipinski definition) is 3. The minimum atomic E-state index is -0.476. The molecule has 2 unspecified atom stereocenters. The molecule has 0 saturated heterocycles. The first-order valence-electron chi connectivity index (χ1n) is 9.04. The van der Waals surface area contributed by atoms with E-state index in [1.807, 2.05) is 0 Å². The number of nitrogens with zero attached hydrogens (tertiary/aromatic N) is 2. The van der Waals surface area contributed by atoms with Crippen LogP contribution >= 0.6 is 15.9 Å². The van der Waals surface area contributed by atoms with Gasteiger partial charge in [0.1, 0.15) is 5.82 Å². The van der Waals surface area contributed by atoms with E-state index in [1.54, 1.807) is 25.4 Å². The maximum atomic E-state index is 12.0. The molecule has 148 valence electrons. The van der Waals surface area contributed by atoms with Crippen LogP contribution in [0.1, 0.15) is 32.6 Å². The van der Waals surface area contributed by atoms with Crippen molar-refractivity contribution in [2.45, 2.75) is 38.6 Å². The lowest BCUT2D eigenvalue weighted by atomic mass is 9.86. The normalized spacial score (nSPS) is 19.4. The Morgan fingerprint density at radius 3 is 2.56 bits per heavy atom. The molecule has 0 radical (unpaired) electrons. The SMILES string of the molecule is CC1CCCCC1NC(=O)NC(=O)CN(C)CC(=O)Nc1ccc(Br)cn1. The molecule has 1 aliphatic rings. The summed E-state index contributed by atoms with van der Waals surface area (Å²) in [6.07, 6.45) is 5.88. The van der Waals surface area contributed by atoms with Crippen molar-refractivity contribution >= 4 is 39.6 Å². The van der Waals surface area contributed by atoms with Crippen LogP contribution in [0.4, 0.5) is 10.6 Å². The van der Waals surface area contributed by atoms with E-state index in [-0.39, 0.29) is 25.0 Å². The molecule has 0 aromatic carbocycles. The number of urea groups is 1. The number of hydrogen-bond acceptors (Lipinski definition) is 5. The zero-order valence-electron chi connectivity index (χ0n) is 15.6.